The van der Waals surface area contributed by atoms with Crippen LogP contribution in [-0.2, 0) is 6.54 Å². The summed E-state index contributed by atoms with van der Waals surface area (Å²) < 4.78 is 0. The van der Waals surface area contributed by atoms with Crippen LogP contribution in [-0.4, -0.2) is 59.9 Å². The number of rotatable bonds is 7. The molecule has 6 heteroatoms. The van der Waals surface area contributed by atoms with E-state index >= 15 is 0 Å². The van der Waals surface area contributed by atoms with Gasteiger partial charge in [0.1, 0.15) is 0 Å². The minimum atomic E-state index is 0.720. The van der Waals surface area contributed by atoms with Gasteiger partial charge in [0.05, 0.1) is 6.20 Å². The van der Waals surface area contributed by atoms with E-state index in [4.69, 9.17) is 4.98 Å². The van der Waals surface area contributed by atoms with E-state index in [0.717, 1.165) is 57.5 Å². The predicted octanol–water partition coefficient (Wildman–Crippen LogP) is 2.43. The molecule has 0 bridgehead atoms. The molecule has 0 spiro atoms. The Hall–Kier alpha value is -2.21. The largest absolute Gasteiger partial charge is 0.353 e. The monoisotopic (exact) mass is 340 g/mol. The van der Waals surface area contributed by atoms with Gasteiger partial charge in [0, 0.05) is 46.3 Å². The molecule has 1 aliphatic rings. The maximum Gasteiger partial charge on any atom is 0.247 e. The van der Waals surface area contributed by atoms with Gasteiger partial charge in [-0.15, -0.1) is 5.10 Å². The van der Waals surface area contributed by atoms with Crippen LogP contribution in [0.5, 0.6) is 0 Å². The fourth-order valence-corrected chi connectivity index (χ4v) is 3.07. The second kappa shape index (κ2) is 8.76. The van der Waals surface area contributed by atoms with E-state index in [1.165, 1.54) is 12.0 Å². The molecule has 1 fully saturated rings. The molecule has 1 aromatic carbocycles. The lowest BCUT2D eigenvalue weighted by atomic mass is 10.2. The fourth-order valence-electron chi connectivity index (χ4n) is 3.07. The van der Waals surface area contributed by atoms with Crippen molar-refractivity contribution in [1.29, 1.82) is 0 Å². The standard InChI is InChI=1S/C19H28N6/c1-3-4-10-23(2)19-21-18(15-20-22-19)25-13-11-24(12-14-25)16-17-8-6-5-7-9-17/h5-9,15H,3-4,10-14,16H2,1-2H3. The minimum Gasteiger partial charge on any atom is -0.353 e. The fraction of sp³-hybridized carbons (Fsp3) is 0.526. The molecule has 0 radical (unpaired) electrons. The highest BCUT2D eigenvalue weighted by Gasteiger charge is 2.19. The molecule has 0 saturated carbocycles. The van der Waals surface area contributed by atoms with Gasteiger partial charge in [0.25, 0.3) is 0 Å². The first-order chi connectivity index (χ1) is 12.3. The number of nitrogens with zero attached hydrogens (tertiary/aromatic N) is 6. The SMILES string of the molecule is CCCCN(C)c1nncc(N2CCN(Cc3ccccc3)CC2)n1. The Morgan fingerprint density at radius 2 is 1.84 bits per heavy atom. The van der Waals surface area contributed by atoms with Crippen molar-refractivity contribution < 1.29 is 0 Å². The average molecular weight is 340 g/mol. The van der Waals surface area contributed by atoms with E-state index in [-0.39, 0.29) is 0 Å². The molecule has 0 atom stereocenters. The van der Waals surface area contributed by atoms with Gasteiger partial charge in [0.15, 0.2) is 5.82 Å². The summed E-state index contributed by atoms with van der Waals surface area (Å²) in [5, 5.41) is 8.35. The van der Waals surface area contributed by atoms with Crippen LogP contribution < -0.4 is 9.80 Å². The summed E-state index contributed by atoms with van der Waals surface area (Å²) >= 11 is 0. The van der Waals surface area contributed by atoms with Crippen molar-refractivity contribution in [3.63, 3.8) is 0 Å². The van der Waals surface area contributed by atoms with Crippen LogP contribution >= 0.6 is 0 Å². The summed E-state index contributed by atoms with van der Waals surface area (Å²) in [6, 6.07) is 10.7. The van der Waals surface area contributed by atoms with Gasteiger partial charge >= 0.3 is 0 Å². The normalized spacial score (nSPS) is 15.4. The molecule has 1 aromatic heterocycles. The van der Waals surface area contributed by atoms with E-state index in [2.05, 4.69) is 62.2 Å². The molecule has 0 aliphatic carbocycles. The first-order valence-corrected chi connectivity index (χ1v) is 9.18. The number of anilines is 2. The number of hydrogen-bond donors (Lipinski definition) is 0. The zero-order valence-electron chi connectivity index (χ0n) is 15.3. The van der Waals surface area contributed by atoms with E-state index in [0.29, 0.717) is 0 Å². The predicted molar refractivity (Wildman–Crippen MR) is 102 cm³/mol. The van der Waals surface area contributed by atoms with E-state index < -0.39 is 0 Å². The van der Waals surface area contributed by atoms with Gasteiger partial charge in [-0.3, -0.25) is 4.90 Å². The first kappa shape index (κ1) is 17.6. The Labute approximate surface area is 150 Å². The maximum atomic E-state index is 4.72. The van der Waals surface area contributed by atoms with E-state index in [1.807, 2.05) is 7.05 Å². The lowest BCUT2D eigenvalue weighted by Crippen LogP contribution is -2.46. The summed E-state index contributed by atoms with van der Waals surface area (Å²) in [5.41, 5.74) is 1.37. The number of piperazine rings is 1. The highest BCUT2D eigenvalue weighted by atomic mass is 15.4. The molecule has 2 heterocycles. The van der Waals surface area contributed by atoms with Crippen molar-refractivity contribution in [1.82, 2.24) is 20.1 Å². The van der Waals surface area contributed by atoms with Crippen molar-refractivity contribution >= 4 is 11.8 Å². The van der Waals surface area contributed by atoms with Crippen molar-refractivity contribution in [3.8, 4) is 0 Å². The number of benzene rings is 1. The summed E-state index contributed by atoms with van der Waals surface area (Å²) in [5.74, 6) is 1.66. The summed E-state index contributed by atoms with van der Waals surface area (Å²) in [6.07, 6.45) is 4.09. The Morgan fingerprint density at radius 1 is 1.08 bits per heavy atom. The van der Waals surface area contributed by atoms with Crippen LogP contribution in [0.1, 0.15) is 25.3 Å². The van der Waals surface area contributed by atoms with E-state index in [1.54, 1.807) is 6.20 Å². The second-order valence-electron chi connectivity index (χ2n) is 6.64. The highest BCUT2D eigenvalue weighted by Crippen LogP contribution is 2.16. The van der Waals surface area contributed by atoms with E-state index in [9.17, 15) is 0 Å². The third kappa shape index (κ3) is 4.89. The quantitative estimate of drug-likeness (QED) is 0.771. The van der Waals surface area contributed by atoms with Crippen molar-refractivity contribution in [2.75, 3.05) is 49.6 Å². The van der Waals surface area contributed by atoms with Gasteiger partial charge in [-0.2, -0.15) is 10.1 Å². The summed E-state index contributed by atoms with van der Waals surface area (Å²) in [4.78, 5) is 11.6. The summed E-state index contributed by atoms with van der Waals surface area (Å²) in [7, 11) is 2.04. The molecule has 3 rings (SSSR count). The lowest BCUT2D eigenvalue weighted by Gasteiger charge is -2.35. The molecule has 134 valence electrons. The molecule has 2 aromatic rings. The average Bonchev–Trinajstić information content (AvgIpc) is 2.67. The maximum absolute atomic E-state index is 4.72. The van der Waals surface area contributed by atoms with Crippen molar-refractivity contribution in [3.05, 3.63) is 42.1 Å². The molecule has 25 heavy (non-hydrogen) atoms. The molecular formula is C19H28N6. The van der Waals surface area contributed by atoms with Gasteiger partial charge < -0.3 is 9.80 Å². The zero-order valence-corrected chi connectivity index (χ0v) is 15.3. The van der Waals surface area contributed by atoms with Crippen LogP contribution in [0.25, 0.3) is 0 Å². The molecule has 1 aliphatic heterocycles. The van der Waals surface area contributed by atoms with Gasteiger partial charge in [-0.25, -0.2) is 0 Å². The van der Waals surface area contributed by atoms with Crippen LogP contribution in [0, 0.1) is 0 Å². The second-order valence-corrected chi connectivity index (χ2v) is 6.64. The van der Waals surface area contributed by atoms with Crippen LogP contribution in [0.4, 0.5) is 11.8 Å². The Bertz CT molecular complexity index is 639. The number of unbranched alkanes of at least 4 members (excludes halogenated alkanes) is 1. The zero-order chi connectivity index (χ0) is 17.5. The number of hydrogen-bond acceptors (Lipinski definition) is 6. The molecule has 0 unspecified atom stereocenters. The van der Waals surface area contributed by atoms with Crippen molar-refractivity contribution in [2.45, 2.75) is 26.3 Å². The lowest BCUT2D eigenvalue weighted by molar-refractivity contribution is 0.249. The molecule has 1 saturated heterocycles. The topological polar surface area (TPSA) is 48.4 Å². The van der Waals surface area contributed by atoms with Crippen LogP contribution in [0.15, 0.2) is 36.5 Å². The number of aromatic nitrogens is 3. The smallest absolute Gasteiger partial charge is 0.247 e. The Balaban J connectivity index is 1.55. The molecule has 6 nitrogen and oxygen atoms in total. The Morgan fingerprint density at radius 3 is 2.56 bits per heavy atom. The van der Waals surface area contributed by atoms with Crippen LogP contribution in [0.2, 0.25) is 0 Å². The summed E-state index contributed by atoms with van der Waals surface area (Å²) in [6.45, 7) is 8.21. The highest BCUT2D eigenvalue weighted by molar-refractivity contribution is 5.41. The third-order valence-electron chi connectivity index (χ3n) is 4.67. The molecular weight excluding hydrogens is 312 g/mol. The molecule has 0 amide bonds. The third-order valence-corrected chi connectivity index (χ3v) is 4.67. The minimum absolute atomic E-state index is 0.720. The van der Waals surface area contributed by atoms with Crippen LogP contribution in [0.3, 0.4) is 0 Å². The van der Waals surface area contributed by atoms with Gasteiger partial charge in [-0.05, 0) is 12.0 Å². The van der Waals surface area contributed by atoms with Crippen molar-refractivity contribution in [2.24, 2.45) is 0 Å². The first-order valence-electron chi connectivity index (χ1n) is 9.18. The van der Waals surface area contributed by atoms with Gasteiger partial charge in [-0.1, -0.05) is 43.7 Å². The Kier molecular flexibility index (Phi) is 6.17. The van der Waals surface area contributed by atoms with Gasteiger partial charge in [0.2, 0.25) is 5.95 Å². The molecule has 0 N–H and O–H groups in total.